The van der Waals surface area contributed by atoms with Gasteiger partial charge in [0.15, 0.2) is 0 Å². The molecule has 2 rings (SSSR count). The van der Waals surface area contributed by atoms with Gasteiger partial charge in [-0.05, 0) is 30.3 Å². The van der Waals surface area contributed by atoms with Gasteiger partial charge in [0.25, 0.3) is 5.91 Å². The lowest BCUT2D eigenvalue weighted by atomic mass is 10.2. The number of benzene rings is 2. The van der Waals surface area contributed by atoms with Gasteiger partial charge in [-0.3, -0.25) is 9.10 Å². The topological polar surface area (TPSA) is 97.3 Å². The van der Waals surface area contributed by atoms with Crippen molar-refractivity contribution in [3.05, 3.63) is 53.8 Å². The molecule has 0 aliphatic heterocycles. The molecule has 0 aromatic heterocycles. The first-order valence-corrected chi connectivity index (χ1v) is 9.86. The minimum atomic E-state index is -3.81. The van der Waals surface area contributed by atoms with Crippen molar-refractivity contribution in [2.24, 2.45) is 5.10 Å². The fourth-order valence-corrected chi connectivity index (χ4v) is 3.14. The van der Waals surface area contributed by atoms with E-state index in [1.165, 1.54) is 38.6 Å². The summed E-state index contributed by atoms with van der Waals surface area (Å²) < 4.78 is 48.5. The van der Waals surface area contributed by atoms with Crippen LogP contribution in [-0.2, 0) is 14.8 Å². The summed E-state index contributed by atoms with van der Waals surface area (Å²) in [6.07, 6.45) is 2.28. The minimum Gasteiger partial charge on any atom is -0.497 e. The fourth-order valence-electron chi connectivity index (χ4n) is 2.30. The van der Waals surface area contributed by atoms with Gasteiger partial charge in [-0.1, -0.05) is 6.07 Å². The third-order valence-electron chi connectivity index (χ3n) is 3.62. The Bertz CT molecular complexity index is 979. The molecule has 1 N–H and O–H groups in total. The summed E-state index contributed by atoms with van der Waals surface area (Å²) in [6.45, 7) is -0.556. The predicted octanol–water partition coefficient (Wildman–Crippen LogP) is 1.76. The number of hydrogen-bond donors (Lipinski definition) is 1. The normalized spacial score (nSPS) is 11.3. The lowest BCUT2D eigenvalue weighted by Crippen LogP contribution is -2.39. The van der Waals surface area contributed by atoms with E-state index in [-0.39, 0.29) is 5.69 Å². The molecule has 0 saturated carbocycles. The minimum absolute atomic E-state index is 0.0402. The highest BCUT2D eigenvalue weighted by atomic mass is 32.2. The number of hydrazone groups is 1. The summed E-state index contributed by atoms with van der Waals surface area (Å²) in [4.78, 5) is 12.1. The van der Waals surface area contributed by atoms with E-state index in [1.807, 2.05) is 0 Å². The number of amides is 1. The molecule has 0 spiro atoms. The molecular weight excluding hydrogens is 389 g/mol. The standard InChI is InChI=1S/C18H20FN3O5S/c1-26-16-8-7-13(17(10-16)27-2)11-20-21-18(23)12-22(28(3,24)25)15-6-4-5-14(19)9-15/h4-11H,12H2,1-3H3,(H,21,23)/b20-11-. The summed E-state index contributed by atoms with van der Waals surface area (Å²) in [5.41, 5.74) is 2.86. The number of carbonyl (C=O) groups is 1. The van der Waals surface area contributed by atoms with Gasteiger partial charge < -0.3 is 9.47 Å². The van der Waals surface area contributed by atoms with Crippen LogP contribution in [0.3, 0.4) is 0 Å². The van der Waals surface area contributed by atoms with E-state index in [4.69, 9.17) is 9.47 Å². The molecule has 150 valence electrons. The summed E-state index contributed by atoms with van der Waals surface area (Å²) in [7, 11) is -0.803. The Hall–Kier alpha value is -3.14. The largest absolute Gasteiger partial charge is 0.497 e. The highest BCUT2D eigenvalue weighted by Crippen LogP contribution is 2.23. The Morgan fingerprint density at radius 3 is 2.57 bits per heavy atom. The number of sulfonamides is 1. The Morgan fingerprint density at radius 1 is 1.21 bits per heavy atom. The molecular formula is C18H20FN3O5S. The zero-order valence-corrected chi connectivity index (χ0v) is 16.4. The van der Waals surface area contributed by atoms with E-state index in [0.29, 0.717) is 17.1 Å². The average Bonchev–Trinajstić information content (AvgIpc) is 2.65. The second-order valence-corrected chi connectivity index (χ2v) is 7.56. The summed E-state index contributed by atoms with van der Waals surface area (Å²) >= 11 is 0. The molecule has 0 aliphatic rings. The van der Waals surface area contributed by atoms with Gasteiger partial charge in [-0.2, -0.15) is 5.10 Å². The monoisotopic (exact) mass is 409 g/mol. The van der Waals surface area contributed by atoms with Gasteiger partial charge >= 0.3 is 0 Å². The number of rotatable bonds is 8. The number of halogens is 1. The molecule has 0 saturated heterocycles. The van der Waals surface area contributed by atoms with Gasteiger partial charge in [0.1, 0.15) is 23.9 Å². The van der Waals surface area contributed by atoms with E-state index in [9.17, 15) is 17.6 Å². The molecule has 0 bridgehead atoms. The van der Waals surface area contributed by atoms with Gasteiger partial charge in [0, 0.05) is 11.6 Å². The average molecular weight is 409 g/mol. The van der Waals surface area contributed by atoms with E-state index in [2.05, 4.69) is 10.5 Å². The maximum absolute atomic E-state index is 13.4. The summed E-state index contributed by atoms with van der Waals surface area (Å²) in [5, 5.41) is 3.81. The van der Waals surface area contributed by atoms with Crippen molar-refractivity contribution in [3.63, 3.8) is 0 Å². The maximum atomic E-state index is 13.4. The highest BCUT2D eigenvalue weighted by Gasteiger charge is 2.21. The van der Waals surface area contributed by atoms with Crippen LogP contribution in [0.4, 0.5) is 10.1 Å². The number of nitrogens with one attached hydrogen (secondary N) is 1. The van der Waals surface area contributed by atoms with E-state index < -0.39 is 28.3 Å². The fraction of sp³-hybridized carbons (Fsp3) is 0.222. The van der Waals surface area contributed by atoms with Crippen molar-refractivity contribution in [1.82, 2.24) is 5.43 Å². The molecule has 28 heavy (non-hydrogen) atoms. The van der Waals surface area contributed by atoms with Crippen LogP contribution < -0.4 is 19.2 Å². The predicted molar refractivity (Wildman–Crippen MR) is 104 cm³/mol. The molecule has 10 heteroatoms. The molecule has 2 aromatic carbocycles. The van der Waals surface area contributed by atoms with Gasteiger partial charge in [0.2, 0.25) is 10.0 Å². The van der Waals surface area contributed by atoms with Crippen LogP contribution in [0.25, 0.3) is 0 Å². The maximum Gasteiger partial charge on any atom is 0.260 e. The Labute approximate surface area is 162 Å². The molecule has 2 aromatic rings. The van der Waals surface area contributed by atoms with Crippen LogP contribution in [0, 0.1) is 5.82 Å². The number of carbonyl (C=O) groups excluding carboxylic acids is 1. The van der Waals surface area contributed by atoms with Crippen LogP contribution >= 0.6 is 0 Å². The smallest absolute Gasteiger partial charge is 0.260 e. The van der Waals surface area contributed by atoms with Crippen molar-refractivity contribution >= 4 is 27.8 Å². The first-order chi connectivity index (χ1) is 13.2. The molecule has 8 nitrogen and oxygen atoms in total. The lowest BCUT2D eigenvalue weighted by molar-refractivity contribution is -0.119. The summed E-state index contributed by atoms with van der Waals surface area (Å²) in [5.74, 6) is -0.235. The van der Waals surface area contributed by atoms with Crippen molar-refractivity contribution in [2.75, 3.05) is 31.3 Å². The second kappa shape index (κ2) is 9.18. The molecule has 0 fully saturated rings. The number of methoxy groups -OCH3 is 2. The van der Waals surface area contributed by atoms with E-state index in [1.54, 1.807) is 18.2 Å². The Balaban J connectivity index is 2.10. The number of ether oxygens (including phenoxy) is 2. The molecule has 1 amide bonds. The number of hydrogen-bond acceptors (Lipinski definition) is 6. The highest BCUT2D eigenvalue weighted by molar-refractivity contribution is 7.92. The number of anilines is 1. The van der Waals surface area contributed by atoms with Crippen molar-refractivity contribution < 1.29 is 27.1 Å². The Morgan fingerprint density at radius 2 is 1.96 bits per heavy atom. The van der Waals surface area contributed by atoms with Crippen molar-refractivity contribution in [1.29, 1.82) is 0 Å². The third-order valence-corrected chi connectivity index (χ3v) is 4.76. The molecule has 0 aliphatic carbocycles. The third kappa shape index (κ3) is 5.68. The van der Waals surface area contributed by atoms with Crippen LogP contribution in [0.1, 0.15) is 5.56 Å². The lowest BCUT2D eigenvalue weighted by Gasteiger charge is -2.21. The molecule has 0 unspecified atom stereocenters. The van der Waals surface area contributed by atoms with Crippen LogP contribution in [0.5, 0.6) is 11.5 Å². The van der Waals surface area contributed by atoms with Crippen LogP contribution in [-0.4, -0.2) is 47.6 Å². The zero-order valence-electron chi connectivity index (χ0n) is 15.5. The quantitative estimate of drug-likeness (QED) is 0.529. The van der Waals surface area contributed by atoms with Gasteiger partial charge in [-0.25, -0.2) is 18.2 Å². The van der Waals surface area contributed by atoms with Crippen LogP contribution in [0.15, 0.2) is 47.6 Å². The first kappa shape index (κ1) is 21.2. The molecule has 0 radical (unpaired) electrons. The van der Waals surface area contributed by atoms with Crippen molar-refractivity contribution in [3.8, 4) is 11.5 Å². The number of nitrogens with zero attached hydrogens (tertiary/aromatic N) is 2. The van der Waals surface area contributed by atoms with Crippen LogP contribution in [0.2, 0.25) is 0 Å². The van der Waals surface area contributed by atoms with Gasteiger partial charge in [0.05, 0.1) is 32.4 Å². The zero-order chi connectivity index (χ0) is 20.7. The van der Waals surface area contributed by atoms with Gasteiger partial charge in [-0.15, -0.1) is 0 Å². The molecule has 0 heterocycles. The first-order valence-electron chi connectivity index (χ1n) is 8.02. The summed E-state index contributed by atoms with van der Waals surface area (Å²) in [6, 6.07) is 9.98. The molecule has 0 atom stereocenters. The Kier molecular flexibility index (Phi) is 6.94. The SMILES string of the molecule is COc1ccc(/C=N\NC(=O)CN(c2cccc(F)c2)S(C)(=O)=O)c(OC)c1. The van der Waals surface area contributed by atoms with E-state index >= 15 is 0 Å². The van der Waals surface area contributed by atoms with E-state index in [0.717, 1.165) is 16.6 Å². The van der Waals surface area contributed by atoms with Crippen molar-refractivity contribution in [2.45, 2.75) is 0 Å². The second-order valence-electron chi connectivity index (χ2n) is 5.65.